The van der Waals surface area contributed by atoms with Crippen LogP contribution in [0.25, 0.3) is 0 Å². The van der Waals surface area contributed by atoms with Crippen LogP contribution in [0.4, 0.5) is 0 Å². The fourth-order valence-corrected chi connectivity index (χ4v) is 2.66. The molecule has 0 aliphatic heterocycles. The number of nitrogens with two attached hydrogens (primary N) is 1. The molecule has 3 nitrogen and oxygen atoms in total. The summed E-state index contributed by atoms with van der Waals surface area (Å²) in [6.45, 7) is 4.49. The third kappa shape index (κ3) is 3.83. The highest BCUT2D eigenvalue weighted by Gasteiger charge is 2.39. The van der Waals surface area contributed by atoms with Gasteiger partial charge in [0.05, 0.1) is 7.11 Å². The van der Waals surface area contributed by atoms with E-state index in [9.17, 15) is 4.79 Å². The van der Waals surface area contributed by atoms with Crippen molar-refractivity contribution in [3.8, 4) is 0 Å². The molecular weight excluding hydrogens is 250 g/mol. The molecule has 1 aromatic carbocycles. The van der Waals surface area contributed by atoms with Crippen molar-refractivity contribution in [2.75, 3.05) is 13.7 Å². The fraction of sp³-hybridized carbons (Fsp3) is 0.588. The molecule has 1 unspecified atom stereocenters. The number of ether oxygens (including phenoxy) is 1. The molecule has 0 fully saturated rings. The molecule has 1 aromatic rings. The minimum Gasteiger partial charge on any atom is -0.468 e. The lowest BCUT2D eigenvalue weighted by Gasteiger charge is -2.30. The maximum atomic E-state index is 12.3. The van der Waals surface area contributed by atoms with E-state index in [0.717, 1.165) is 30.4 Å². The van der Waals surface area contributed by atoms with Crippen LogP contribution in [-0.2, 0) is 14.9 Å². The molecular formula is C17H27NO2. The van der Waals surface area contributed by atoms with Crippen LogP contribution >= 0.6 is 0 Å². The van der Waals surface area contributed by atoms with E-state index in [4.69, 9.17) is 10.5 Å². The van der Waals surface area contributed by atoms with E-state index in [1.807, 2.05) is 31.2 Å². The summed E-state index contributed by atoms with van der Waals surface area (Å²) < 4.78 is 5.04. The normalized spacial score (nSPS) is 13.8. The Morgan fingerprint density at radius 2 is 2.05 bits per heavy atom. The van der Waals surface area contributed by atoms with Crippen molar-refractivity contribution in [3.05, 3.63) is 35.4 Å². The molecule has 0 bridgehead atoms. The largest absolute Gasteiger partial charge is 0.468 e. The Bertz CT molecular complexity index is 431. The highest BCUT2D eigenvalue weighted by molar-refractivity contribution is 5.83. The van der Waals surface area contributed by atoms with E-state index in [-0.39, 0.29) is 12.5 Å². The first-order valence-electron chi connectivity index (χ1n) is 7.46. The van der Waals surface area contributed by atoms with Gasteiger partial charge in [0.15, 0.2) is 0 Å². The molecule has 0 heterocycles. The second kappa shape index (κ2) is 8.05. The summed E-state index contributed by atoms with van der Waals surface area (Å²) in [6, 6.07) is 8.03. The number of carbonyl (C=O) groups is 1. The standard InChI is InChI=1S/C17H27NO2/c1-4-5-6-7-11-17(13-18,16(19)20-3)15-10-8-9-14(2)12-15/h8-10,12H,4-7,11,13,18H2,1-3H3. The number of hydrogen-bond donors (Lipinski definition) is 1. The van der Waals surface area contributed by atoms with Crippen LogP contribution < -0.4 is 5.73 Å². The van der Waals surface area contributed by atoms with Gasteiger partial charge >= 0.3 is 5.97 Å². The monoisotopic (exact) mass is 277 g/mol. The third-order valence-electron chi connectivity index (χ3n) is 3.95. The molecule has 2 N–H and O–H groups in total. The van der Waals surface area contributed by atoms with Crippen molar-refractivity contribution < 1.29 is 9.53 Å². The lowest BCUT2D eigenvalue weighted by molar-refractivity contribution is -0.147. The van der Waals surface area contributed by atoms with Gasteiger partial charge in [-0.1, -0.05) is 62.4 Å². The van der Waals surface area contributed by atoms with Gasteiger partial charge in [-0.15, -0.1) is 0 Å². The molecule has 3 heteroatoms. The van der Waals surface area contributed by atoms with Gasteiger partial charge < -0.3 is 10.5 Å². The Labute approximate surface area is 122 Å². The Balaban J connectivity index is 3.02. The van der Waals surface area contributed by atoms with Crippen LogP contribution in [0.2, 0.25) is 0 Å². The highest BCUT2D eigenvalue weighted by atomic mass is 16.5. The summed E-state index contributed by atoms with van der Waals surface area (Å²) in [6.07, 6.45) is 5.24. The summed E-state index contributed by atoms with van der Waals surface area (Å²) in [5, 5.41) is 0. The summed E-state index contributed by atoms with van der Waals surface area (Å²) in [7, 11) is 1.44. The van der Waals surface area contributed by atoms with Crippen LogP contribution in [0.5, 0.6) is 0 Å². The van der Waals surface area contributed by atoms with Crippen LogP contribution in [-0.4, -0.2) is 19.6 Å². The van der Waals surface area contributed by atoms with Gasteiger partial charge in [0, 0.05) is 6.54 Å². The first-order chi connectivity index (χ1) is 9.60. The van der Waals surface area contributed by atoms with Crippen molar-refractivity contribution in [3.63, 3.8) is 0 Å². The van der Waals surface area contributed by atoms with Crippen molar-refractivity contribution in [1.29, 1.82) is 0 Å². The summed E-state index contributed by atoms with van der Waals surface area (Å²) in [4.78, 5) is 12.3. The number of carbonyl (C=O) groups excluding carboxylic acids is 1. The minimum atomic E-state index is -0.700. The molecule has 0 radical (unpaired) electrons. The zero-order valence-electron chi connectivity index (χ0n) is 12.9. The molecule has 0 aliphatic carbocycles. The second-order valence-corrected chi connectivity index (χ2v) is 5.46. The number of esters is 1. The van der Waals surface area contributed by atoms with Crippen LogP contribution in [0, 0.1) is 6.92 Å². The molecule has 0 saturated carbocycles. The molecule has 0 aliphatic rings. The summed E-state index contributed by atoms with van der Waals surface area (Å²) >= 11 is 0. The molecule has 0 aromatic heterocycles. The average Bonchev–Trinajstić information content (AvgIpc) is 2.47. The SMILES string of the molecule is CCCCCCC(CN)(C(=O)OC)c1cccc(C)c1. The van der Waals surface area contributed by atoms with Crippen molar-refractivity contribution in [2.24, 2.45) is 5.73 Å². The third-order valence-corrected chi connectivity index (χ3v) is 3.95. The topological polar surface area (TPSA) is 52.3 Å². The van der Waals surface area contributed by atoms with Gasteiger partial charge in [0.2, 0.25) is 0 Å². The van der Waals surface area contributed by atoms with Gasteiger partial charge in [-0.2, -0.15) is 0 Å². The molecule has 20 heavy (non-hydrogen) atoms. The minimum absolute atomic E-state index is 0.220. The van der Waals surface area contributed by atoms with Gasteiger partial charge in [0.1, 0.15) is 5.41 Å². The molecule has 0 saturated heterocycles. The lowest BCUT2D eigenvalue weighted by Crippen LogP contribution is -2.44. The Kier molecular flexibility index (Phi) is 6.73. The van der Waals surface area contributed by atoms with Crippen LogP contribution in [0.15, 0.2) is 24.3 Å². The predicted octanol–water partition coefficient (Wildman–Crippen LogP) is 3.33. The zero-order valence-corrected chi connectivity index (χ0v) is 12.9. The molecule has 1 atom stereocenters. The first-order valence-corrected chi connectivity index (χ1v) is 7.46. The first kappa shape index (κ1) is 16.7. The molecule has 1 rings (SSSR count). The number of unbranched alkanes of at least 4 members (excludes halogenated alkanes) is 3. The smallest absolute Gasteiger partial charge is 0.317 e. The Morgan fingerprint density at radius 1 is 1.30 bits per heavy atom. The van der Waals surface area contributed by atoms with Crippen molar-refractivity contribution in [2.45, 2.75) is 51.4 Å². The van der Waals surface area contributed by atoms with E-state index in [1.54, 1.807) is 0 Å². The fourth-order valence-electron chi connectivity index (χ4n) is 2.66. The quantitative estimate of drug-likeness (QED) is 0.585. The van der Waals surface area contributed by atoms with E-state index in [2.05, 4.69) is 6.92 Å². The van der Waals surface area contributed by atoms with Crippen LogP contribution in [0.3, 0.4) is 0 Å². The highest BCUT2D eigenvalue weighted by Crippen LogP contribution is 2.31. The maximum Gasteiger partial charge on any atom is 0.317 e. The Hall–Kier alpha value is -1.35. The number of aryl methyl sites for hydroxylation is 1. The number of rotatable bonds is 8. The van der Waals surface area contributed by atoms with Gasteiger partial charge in [-0.25, -0.2) is 0 Å². The van der Waals surface area contributed by atoms with Gasteiger partial charge in [0.25, 0.3) is 0 Å². The lowest BCUT2D eigenvalue weighted by atomic mass is 9.75. The summed E-state index contributed by atoms with van der Waals surface area (Å²) in [5.41, 5.74) is 7.39. The van der Waals surface area contributed by atoms with E-state index >= 15 is 0 Å². The average molecular weight is 277 g/mol. The van der Waals surface area contributed by atoms with E-state index in [1.165, 1.54) is 20.0 Å². The second-order valence-electron chi connectivity index (χ2n) is 5.46. The predicted molar refractivity (Wildman–Crippen MR) is 82.7 cm³/mol. The number of hydrogen-bond acceptors (Lipinski definition) is 3. The molecule has 112 valence electrons. The summed E-state index contributed by atoms with van der Waals surface area (Å²) in [5.74, 6) is -0.220. The zero-order chi connectivity index (χ0) is 15.0. The van der Waals surface area contributed by atoms with Crippen LogP contribution in [0.1, 0.15) is 50.2 Å². The van der Waals surface area contributed by atoms with E-state index < -0.39 is 5.41 Å². The maximum absolute atomic E-state index is 12.3. The van der Waals surface area contributed by atoms with Gasteiger partial charge in [-0.3, -0.25) is 4.79 Å². The van der Waals surface area contributed by atoms with E-state index in [0.29, 0.717) is 0 Å². The number of methoxy groups -OCH3 is 1. The molecule has 0 spiro atoms. The van der Waals surface area contributed by atoms with Gasteiger partial charge in [-0.05, 0) is 18.9 Å². The van der Waals surface area contributed by atoms with Crippen molar-refractivity contribution in [1.82, 2.24) is 0 Å². The number of benzene rings is 1. The Morgan fingerprint density at radius 3 is 2.60 bits per heavy atom. The van der Waals surface area contributed by atoms with Crippen molar-refractivity contribution >= 4 is 5.97 Å². The molecule has 0 amide bonds.